The van der Waals surface area contributed by atoms with Crippen LogP contribution in [0.3, 0.4) is 0 Å². The Labute approximate surface area is 173 Å². The third kappa shape index (κ3) is 15.4. The second-order valence-electron chi connectivity index (χ2n) is 5.83. The number of nitrogens with one attached hydrogen (secondary N) is 2. The van der Waals surface area contributed by atoms with E-state index in [2.05, 4.69) is 29.0 Å². The van der Waals surface area contributed by atoms with Crippen LogP contribution in [0.4, 0.5) is 0 Å². The van der Waals surface area contributed by atoms with Gasteiger partial charge in [0.15, 0.2) is 0 Å². The fraction of sp³-hybridized carbons (Fsp3) is 0.688. The molecule has 147 valence electrons. The van der Waals surface area contributed by atoms with E-state index in [4.69, 9.17) is 0 Å². The van der Waals surface area contributed by atoms with Crippen molar-refractivity contribution in [2.75, 3.05) is 6.54 Å². The van der Waals surface area contributed by atoms with E-state index in [-0.39, 0.29) is 17.7 Å². The normalized spacial score (nSPS) is 9.50. The summed E-state index contributed by atoms with van der Waals surface area (Å²) in [4.78, 5) is 54.4. The Morgan fingerprint density at radius 2 is 1.42 bits per heavy atom. The molecule has 0 aliphatic carbocycles. The number of hydrogen-bond acceptors (Lipinski definition) is 5. The van der Waals surface area contributed by atoms with Crippen molar-refractivity contribution in [1.82, 2.24) is 14.2 Å². The summed E-state index contributed by atoms with van der Waals surface area (Å²) in [7, 11) is 0. The summed E-state index contributed by atoms with van der Waals surface area (Å²) in [6.07, 6.45) is 3.49. The van der Waals surface area contributed by atoms with Gasteiger partial charge in [0.25, 0.3) is 0 Å². The predicted molar refractivity (Wildman–Crippen MR) is 108 cm³/mol. The second-order valence-corrected chi connectivity index (χ2v) is 10.1. The molecule has 0 aromatic carbocycles. The van der Waals surface area contributed by atoms with Crippen LogP contribution >= 0.6 is 19.7 Å². The number of halogens is 1. The number of nitrogens with zero attached hydrogens (tertiary/aromatic N) is 1. The SMILES string of the molecule is CC(=O)N(C(C)=O)C(C)=O.CC(C)C(=O)NCCCCCC(=O)[NH][Ga][I]. The second kappa shape index (κ2) is 16.3. The fourth-order valence-corrected chi connectivity index (χ4v) is 4.16. The summed E-state index contributed by atoms with van der Waals surface area (Å²) in [5.41, 5.74) is 0. The minimum absolute atomic E-state index is 0.0556. The average Bonchev–Trinajstić information content (AvgIpc) is 2.49. The van der Waals surface area contributed by atoms with E-state index >= 15 is 0 Å². The number of hydrogen-bond donors (Lipinski definition) is 2. The first-order valence-corrected chi connectivity index (χ1v) is 16.9. The Morgan fingerprint density at radius 3 is 1.77 bits per heavy atom. The number of rotatable bonds is 8. The van der Waals surface area contributed by atoms with Crippen LogP contribution in [0.5, 0.6) is 0 Å². The molecule has 0 spiro atoms. The van der Waals surface area contributed by atoms with Gasteiger partial charge in [0, 0.05) is 20.8 Å². The van der Waals surface area contributed by atoms with E-state index in [9.17, 15) is 24.0 Å². The van der Waals surface area contributed by atoms with Gasteiger partial charge in [-0.05, 0) is 0 Å². The summed E-state index contributed by atoms with van der Waals surface area (Å²) in [5, 5.41) is 2.86. The van der Waals surface area contributed by atoms with Gasteiger partial charge in [-0.3, -0.25) is 14.4 Å². The van der Waals surface area contributed by atoms with Crippen LogP contribution < -0.4 is 9.34 Å². The van der Waals surface area contributed by atoms with Crippen molar-refractivity contribution >= 4 is 63.3 Å². The quantitative estimate of drug-likeness (QED) is 0.275. The van der Waals surface area contributed by atoms with Crippen molar-refractivity contribution < 1.29 is 24.0 Å². The van der Waals surface area contributed by atoms with Gasteiger partial charge < -0.3 is 0 Å². The van der Waals surface area contributed by atoms with Gasteiger partial charge in [-0.2, -0.15) is 0 Å². The summed E-state index contributed by atoms with van der Waals surface area (Å²) >= 11 is 1.75. The standard InChI is InChI=1S/C10H20N2O2.C6H9NO3.Ga.HI/c1-8(2)10(14)12-7-5-3-4-6-9(11)13;1-4(8)7(5(2)9)6(3)10;;/h8H,3-7H2,1-2H3,(H3,11,12,13,14);1-3H3;;1H/q;;+2;/p-2. The molecule has 0 aliphatic rings. The van der Waals surface area contributed by atoms with Crippen molar-refractivity contribution in [1.29, 1.82) is 0 Å². The van der Waals surface area contributed by atoms with Gasteiger partial charge in [0.2, 0.25) is 17.7 Å². The van der Waals surface area contributed by atoms with E-state index in [0.717, 1.165) is 25.8 Å². The maximum atomic E-state index is 11.2. The number of imide groups is 3. The van der Waals surface area contributed by atoms with E-state index in [1.165, 1.54) is 20.8 Å². The molecule has 5 amide bonds. The van der Waals surface area contributed by atoms with Crippen molar-refractivity contribution in [3.63, 3.8) is 0 Å². The van der Waals surface area contributed by atoms with Crippen LogP contribution in [-0.2, 0) is 24.0 Å². The zero-order valence-electron chi connectivity index (χ0n) is 16.1. The van der Waals surface area contributed by atoms with E-state index in [0.29, 0.717) is 11.3 Å². The molecular weight excluding hydrogens is 511 g/mol. The van der Waals surface area contributed by atoms with Gasteiger partial charge >= 0.3 is 117 Å². The van der Waals surface area contributed by atoms with Gasteiger partial charge in [-0.1, -0.05) is 0 Å². The van der Waals surface area contributed by atoms with E-state index in [1.807, 2.05) is 13.8 Å². The number of carbonyl (C=O) groups is 5. The zero-order chi connectivity index (χ0) is 20.7. The third-order valence-electron chi connectivity index (χ3n) is 3.06. The Kier molecular flexibility index (Phi) is 17.1. The molecule has 0 rings (SSSR count). The van der Waals surface area contributed by atoms with Crippen LogP contribution in [0.15, 0.2) is 0 Å². The molecule has 0 heterocycles. The number of unbranched alkanes of at least 4 members (excludes halogenated alkanes) is 2. The molecule has 0 atom stereocenters. The summed E-state index contributed by atoms with van der Waals surface area (Å²) in [5.74, 6) is -1.28. The van der Waals surface area contributed by atoms with Gasteiger partial charge in [0.1, 0.15) is 0 Å². The molecule has 0 aliphatic heterocycles. The van der Waals surface area contributed by atoms with Crippen LogP contribution in [0.1, 0.15) is 60.3 Å². The summed E-state index contributed by atoms with van der Waals surface area (Å²) < 4.78 is 2.90. The maximum absolute atomic E-state index is 11.2. The van der Waals surface area contributed by atoms with Crippen molar-refractivity contribution in [2.24, 2.45) is 5.92 Å². The monoisotopic (exact) mass is 538 g/mol. The summed E-state index contributed by atoms with van der Waals surface area (Å²) in [6, 6.07) is 0. The molecular formula is C16H28GaIN3O5. The van der Waals surface area contributed by atoms with Crippen LogP contribution in [-0.4, -0.2) is 55.1 Å². The van der Waals surface area contributed by atoms with Crippen molar-refractivity contribution in [3.05, 3.63) is 0 Å². The first kappa shape index (κ1) is 27.3. The summed E-state index contributed by atoms with van der Waals surface area (Å²) in [6.45, 7) is 8.00. The van der Waals surface area contributed by atoms with E-state index in [1.54, 1.807) is 0 Å². The van der Waals surface area contributed by atoms with Crippen molar-refractivity contribution in [3.8, 4) is 0 Å². The minimum atomic E-state index is -0.542. The number of amides is 5. The van der Waals surface area contributed by atoms with Crippen molar-refractivity contribution in [2.45, 2.75) is 60.3 Å². The predicted octanol–water partition coefficient (Wildman–Crippen LogP) is 1.33. The van der Waals surface area contributed by atoms with Crippen LogP contribution in [0.25, 0.3) is 0 Å². The third-order valence-corrected chi connectivity index (χ3v) is 5.59. The molecule has 2 N–H and O–H groups in total. The molecule has 26 heavy (non-hydrogen) atoms. The topological polar surface area (TPSA) is 113 Å². The zero-order valence-corrected chi connectivity index (χ0v) is 20.6. The Hall–Kier alpha value is -0.884. The van der Waals surface area contributed by atoms with Gasteiger partial charge in [0.05, 0.1) is 0 Å². The molecule has 10 heteroatoms. The first-order chi connectivity index (χ1) is 12.0. The molecule has 1 radical (unpaired) electrons. The van der Waals surface area contributed by atoms with Crippen LogP contribution in [0.2, 0.25) is 0 Å². The molecule has 8 nitrogen and oxygen atoms in total. The van der Waals surface area contributed by atoms with Gasteiger partial charge in [-0.25, -0.2) is 4.90 Å². The molecule has 0 bridgehead atoms. The first-order valence-electron chi connectivity index (χ1n) is 8.35. The van der Waals surface area contributed by atoms with Crippen LogP contribution in [0, 0.1) is 5.92 Å². The molecule has 0 aromatic heterocycles. The Morgan fingerprint density at radius 1 is 0.923 bits per heavy atom. The Bertz CT molecular complexity index is 467. The molecule has 0 fully saturated rings. The molecule has 0 saturated heterocycles. The average molecular weight is 539 g/mol. The Balaban J connectivity index is 0. The van der Waals surface area contributed by atoms with Gasteiger partial charge in [-0.15, -0.1) is 0 Å². The molecule has 0 aromatic rings. The fourth-order valence-electron chi connectivity index (χ4n) is 1.80. The number of carbonyl (C=O) groups excluding carboxylic acids is 5. The van der Waals surface area contributed by atoms with E-state index < -0.39 is 31.8 Å². The molecule has 0 saturated carbocycles. The molecule has 0 unspecified atom stereocenters.